The van der Waals surface area contributed by atoms with E-state index in [1.54, 1.807) is 37.4 Å². The van der Waals surface area contributed by atoms with Gasteiger partial charge < -0.3 is 18.9 Å². The number of hydrogen-bond donors (Lipinski definition) is 1. The maximum atomic E-state index is 12.4. The molecule has 0 atom stereocenters. The first kappa shape index (κ1) is 26.2. The molecule has 11 nitrogen and oxygen atoms in total. The van der Waals surface area contributed by atoms with Crippen LogP contribution in [0.1, 0.15) is 15.9 Å². The molecule has 0 saturated heterocycles. The highest BCUT2D eigenvalue weighted by atomic mass is 79.9. The number of hydrogen-bond acceptors (Lipinski definition) is 9. The fraction of sp³-hybridized carbons (Fsp3) is 0.125. The molecule has 1 amide bonds. The van der Waals surface area contributed by atoms with E-state index >= 15 is 0 Å². The smallest absolute Gasteiger partial charge is 0.343 e. The molecule has 1 N–H and O–H groups in total. The quantitative estimate of drug-likeness (QED) is 0.129. The number of benzene rings is 3. The summed E-state index contributed by atoms with van der Waals surface area (Å²) in [6.45, 7) is -0.261. The van der Waals surface area contributed by atoms with Gasteiger partial charge in [-0.3, -0.25) is 14.9 Å². The zero-order valence-corrected chi connectivity index (χ0v) is 20.7. The second kappa shape index (κ2) is 12.3. The lowest BCUT2D eigenvalue weighted by molar-refractivity contribution is -0.384. The van der Waals surface area contributed by atoms with Gasteiger partial charge in [-0.1, -0.05) is 0 Å². The number of esters is 1. The Balaban J connectivity index is 1.56. The van der Waals surface area contributed by atoms with Crippen LogP contribution in [-0.2, 0) is 4.79 Å². The van der Waals surface area contributed by atoms with Crippen LogP contribution in [0.3, 0.4) is 0 Å². The Kier molecular flexibility index (Phi) is 8.95. The SMILES string of the molecule is COc1ccc(OCC(=O)NN=Cc2ccc(OC(=O)c3ccc([N+](=O)[O-])cc3)c(OC)c2)c(Br)c1. The maximum absolute atomic E-state index is 12.4. The molecule has 3 rings (SSSR count). The standard InChI is InChI=1S/C24H20BrN3O8/c1-33-18-8-10-20(19(25)12-18)35-14-23(29)27-26-13-15-3-9-21(22(11-15)34-2)36-24(30)16-4-6-17(7-5-16)28(31)32/h3-13H,14H2,1-2H3,(H,27,29). The highest BCUT2D eigenvalue weighted by molar-refractivity contribution is 9.10. The van der Waals surface area contributed by atoms with Gasteiger partial charge in [0.1, 0.15) is 11.5 Å². The second-order valence-corrected chi connectivity index (χ2v) is 7.84. The molecule has 36 heavy (non-hydrogen) atoms. The largest absolute Gasteiger partial charge is 0.497 e. The molecular weight excluding hydrogens is 538 g/mol. The number of hydrazone groups is 1. The minimum absolute atomic E-state index is 0.139. The average Bonchev–Trinajstić information content (AvgIpc) is 2.88. The summed E-state index contributed by atoms with van der Waals surface area (Å²) in [7, 11) is 2.95. The Morgan fingerprint density at radius 2 is 1.72 bits per heavy atom. The lowest BCUT2D eigenvalue weighted by Crippen LogP contribution is -2.24. The Bertz CT molecular complexity index is 1300. The first-order valence-electron chi connectivity index (χ1n) is 10.2. The summed E-state index contributed by atoms with van der Waals surface area (Å²) in [5.41, 5.74) is 2.91. The molecule has 0 saturated carbocycles. The highest BCUT2D eigenvalue weighted by Gasteiger charge is 2.14. The van der Waals surface area contributed by atoms with Crippen LogP contribution in [0.2, 0.25) is 0 Å². The molecule has 0 radical (unpaired) electrons. The Morgan fingerprint density at radius 1 is 1.00 bits per heavy atom. The van der Waals surface area contributed by atoms with Crippen LogP contribution in [-0.4, -0.2) is 43.8 Å². The number of halogens is 1. The maximum Gasteiger partial charge on any atom is 0.343 e. The van der Waals surface area contributed by atoms with Crippen molar-refractivity contribution >= 4 is 39.7 Å². The Morgan fingerprint density at radius 3 is 2.36 bits per heavy atom. The molecule has 186 valence electrons. The summed E-state index contributed by atoms with van der Waals surface area (Å²) >= 11 is 3.34. The van der Waals surface area contributed by atoms with Crippen LogP contribution in [0.15, 0.2) is 70.2 Å². The molecule has 0 fully saturated rings. The van der Waals surface area contributed by atoms with Crippen LogP contribution in [0, 0.1) is 10.1 Å². The van der Waals surface area contributed by atoms with Crippen LogP contribution in [0.4, 0.5) is 5.69 Å². The molecule has 3 aromatic rings. The van der Waals surface area contributed by atoms with Crippen molar-refractivity contribution in [2.75, 3.05) is 20.8 Å². The van der Waals surface area contributed by atoms with E-state index < -0.39 is 16.8 Å². The highest BCUT2D eigenvalue weighted by Crippen LogP contribution is 2.30. The van der Waals surface area contributed by atoms with Crippen molar-refractivity contribution < 1.29 is 33.5 Å². The van der Waals surface area contributed by atoms with Gasteiger partial charge in [-0.25, -0.2) is 10.2 Å². The number of nitro groups is 1. The van der Waals surface area contributed by atoms with E-state index in [0.29, 0.717) is 21.5 Å². The topological polar surface area (TPSA) is 139 Å². The molecule has 0 aliphatic heterocycles. The summed E-state index contributed by atoms with van der Waals surface area (Å²) in [6.07, 6.45) is 1.38. The fourth-order valence-corrected chi connectivity index (χ4v) is 3.28. The third-order valence-corrected chi connectivity index (χ3v) is 5.22. The molecule has 0 bridgehead atoms. The van der Waals surface area contributed by atoms with E-state index in [4.69, 9.17) is 18.9 Å². The Hall–Kier alpha value is -4.45. The molecule has 12 heteroatoms. The van der Waals surface area contributed by atoms with Crippen molar-refractivity contribution in [1.82, 2.24) is 5.43 Å². The molecular formula is C24H20BrN3O8. The van der Waals surface area contributed by atoms with Crippen LogP contribution in [0.25, 0.3) is 0 Å². The summed E-state index contributed by atoms with van der Waals surface area (Å²) < 4.78 is 21.8. The van der Waals surface area contributed by atoms with E-state index in [9.17, 15) is 19.7 Å². The lowest BCUT2D eigenvalue weighted by atomic mass is 10.2. The van der Waals surface area contributed by atoms with Gasteiger partial charge in [-0.05, 0) is 70.0 Å². The second-order valence-electron chi connectivity index (χ2n) is 6.98. The van der Waals surface area contributed by atoms with Crippen molar-refractivity contribution in [3.8, 4) is 23.0 Å². The molecule has 0 spiro atoms. The normalized spacial score (nSPS) is 10.5. The number of non-ortho nitro benzene ring substituents is 1. The van der Waals surface area contributed by atoms with Gasteiger partial charge in [0, 0.05) is 12.1 Å². The molecule has 0 unspecified atom stereocenters. The van der Waals surface area contributed by atoms with Crippen LogP contribution < -0.4 is 24.4 Å². The van der Waals surface area contributed by atoms with Crippen LogP contribution in [0.5, 0.6) is 23.0 Å². The van der Waals surface area contributed by atoms with Crippen molar-refractivity contribution in [3.63, 3.8) is 0 Å². The summed E-state index contributed by atoms with van der Waals surface area (Å²) in [4.78, 5) is 34.6. The predicted octanol–water partition coefficient (Wildman–Crippen LogP) is 4.12. The van der Waals surface area contributed by atoms with Gasteiger partial charge in [-0.15, -0.1) is 0 Å². The van der Waals surface area contributed by atoms with E-state index in [0.717, 1.165) is 0 Å². The van der Waals surface area contributed by atoms with Crippen molar-refractivity contribution in [3.05, 3.63) is 86.4 Å². The van der Waals surface area contributed by atoms with Crippen molar-refractivity contribution in [1.29, 1.82) is 0 Å². The van der Waals surface area contributed by atoms with E-state index in [1.807, 2.05) is 0 Å². The minimum Gasteiger partial charge on any atom is -0.497 e. The fourth-order valence-electron chi connectivity index (χ4n) is 2.81. The monoisotopic (exact) mass is 557 g/mol. The summed E-state index contributed by atoms with van der Waals surface area (Å²) in [5.74, 6) is 0.313. The lowest BCUT2D eigenvalue weighted by Gasteiger charge is -2.10. The number of nitrogens with zero attached hydrogens (tertiary/aromatic N) is 2. The molecule has 3 aromatic carbocycles. The third-order valence-electron chi connectivity index (χ3n) is 4.60. The van der Waals surface area contributed by atoms with Gasteiger partial charge in [0.15, 0.2) is 18.1 Å². The number of rotatable bonds is 10. The van der Waals surface area contributed by atoms with Gasteiger partial charge in [0.2, 0.25) is 0 Å². The van der Waals surface area contributed by atoms with Gasteiger partial charge in [0.25, 0.3) is 11.6 Å². The van der Waals surface area contributed by atoms with E-state index in [1.165, 1.54) is 43.7 Å². The number of ether oxygens (including phenoxy) is 4. The predicted molar refractivity (Wildman–Crippen MR) is 133 cm³/mol. The van der Waals surface area contributed by atoms with Gasteiger partial charge >= 0.3 is 5.97 Å². The number of amides is 1. The molecule has 0 aliphatic rings. The first-order valence-corrected chi connectivity index (χ1v) is 11.0. The zero-order chi connectivity index (χ0) is 26.1. The number of methoxy groups -OCH3 is 2. The van der Waals surface area contributed by atoms with Gasteiger partial charge in [-0.2, -0.15) is 5.10 Å². The minimum atomic E-state index is -0.708. The molecule has 0 aliphatic carbocycles. The molecule has 0 aromatic heterocycles. The van der Waals surface area contributed by atoms with E-state index in [2.05, 4.69) is 26.5 Å². The zero-order valence-electron chi connectivity index (χ0n) is 19.1. The van der Waals surface area contributed by atoms with Crippen LogP contribution >= 0.6 is 15.9 Å². The number of carbonyl (C=O) groups excluding carboxylic acids is 2. The average molecular weight is 558 g/mol. The first-order chi connectivity index (χ1) is 17.3. The number of nitrogens with one attached hydrogen (secondary N) is 1. The third kappa shape index (κ3) is 7.03. The summed E-state index contributed by atoms with van der Waals surface area (Å²) in [5, 5.41) is 14.6. The number of nitro benzene ring substituents is 1. The van der Waals surface area contributed by atoms with Crippen molar-refractivity contribution in [2.24, 2.45) is 5.10 Å². The van der Waals surface area contributed by atoms with Crippen molar-refractivity contribution in [2.45, 2.75) is 0 Å². The molecule has 0 heterocycles. The van der Waals surface area contributed by atoms with Gasteiger partial charge in [0.05, 0.1) is 35.4 Å². The number of carbonyl (C=O) groups is 2. The Labute approximate surface area is 213 Å². The van der Waals surface area contributed by atoms with E-state index in [-0.39, 0.29) is 29.4 Å². The summed E-state index contributed by atoms with van der Waals surface area (Å²) in [6, 6.07) is 14.8.